The molecule has 0 amide bonds. The maximum atomic E-state index is 13.0. The van der Waals surface area contributed by atoms with Gasteiger partial charge in [-0.3, -0.25) is 9.69 Å². The highest BCUT2D eigenvalue weighted by Gasteiger charge is 2.39. The third-order valence-electron chi connectivity index (χ3n) is 5.62. The van der Waals surface area contributed by atoms with Crippen LogP contribution in [0.15, 0.2) is 53.4 Å². The predicted molar refractivity (Wildman–Crippen MR) is 113 cm³/mol. The molecular formula is C22H27NO6S. The lowest BCUT2D eigenvalue weighted by atomic mass is 10.0. The predicted octanol–water partition coefficient (Wildman–Crippen LogP) is 2.64. The van der Waals surface area contributed by atoms with Crippen molar-refractivity contribution in [3.05, 3.63) is 54.1 Å². The molecule has 2 aromatic rings. The summed E-state index contributed by atoms with van der Waals surface area (Å²) in [5, 5.41) is 9.01. The summed E-state index contributed by atoms with van der Waals surface area (Å²) in [5.74, 6) is 0.358. The molecule has 2 atom stereocenters. The van der Waals surface area contributed by atoms with Gasteiger partial charge in [0, 0.05) is 13.1 Å². The number of carboxylic acid groups (broad SMARTS) is 1. The minimum atomic E-state index is -3.61. The second-order valence-corrected chi connectivity index (χ2v) is 9.58. The molecule has 162 valence electrons. The number of carboxylic acids is 1. The van der Waals surface area contributed by atoms with E-state index in [0.717, 1.165) is 11.3 Å². The fourth-order valence-corrected chi connectivity index (χ4v) is 5.56. The van der Waals surface area contributed by atoms with Gasteiger partial charge in [-0.15, -0.1) is 0 Å². The average molecular weight is 434 g/mol. The molecule has 1 heterocycles. The van der Waals surface area contributed by atoms with Gasteiger partial charge in [0.05, 0.1) is 24.4 Å². The summed E-state index contributed by atoms with van der Waals surface area (Å²) < 4.78 is 36.3. The maximum absolute atomic E-state index is 13.0. The Morgan fingerprint density at radius 3 is 2.13 bits per heavy atom. The summed E-state index contributed by atoms with van der Waals surface area (Å²) in [5.41, 5.74) is 1.08. The minimum absolute atomic E-state index is 0.0757. The van der Waals surface area contributed by atoms with E-state index in [-0.39, 0.29) is 11.3 Å². The van der Waals surface area contributed by atoms with Gasteiger partial charge in [0.2, 0.25) is 0 Å². The summed E-state index contributed by atoms with van der Waals surface area (Å²) in [6.07, 6.45) is 1.16. The van der Waals surface area contributed by atoms with Crippen LogP contribution in [0.3, 0.4) is 0 Å². The van der Waals surface area contributed by atoms with Crippen molar-refractivity contribution >= 4 is 15.8 Å². The fraction of sp³-hybridized carbons (Fsp3) is 0.409. The summed E-state index contributed by atoms with van der Waals surface area (Å²) in [7, 11) is -0.487. The number of rotatable bonds is 8. The van der Waals surface area contributed by atoms with E-state index in [9.17, 15) is 18.3 Å². The number of piperidine rings is 1. The Labute approximate surface area is 177 Å². The molecule has 0 saturated carbocycles. The molecule has 1 fully saturated rings. The highest BCUT2D eigenvalue weighted by Crippen LogP contribution is 2.29. The number of likely N-dealkylation sites (tertiary alicyclic amines) is 1. The fourth-order valence-electron chi connectivity index (χ4n) is 3.81. The van der Waals surface area contributed by atoms with Gasteiger partial charge in [-0.1, -0.05) is 12.1 Å². The van der Waals surface area contributed by atoms with Crippen molar-refractivity contribution in [1.82, 2.24) is 4.90 Å². The first-order valence-corrected chi connectivity index (χ1v) is 11.4. The lowest BCUT2D eigenvalue weighted by molar-refractivity contribution is -0.144. The minimum Gasteiger partial charge on any atom is -0.497 e. The molecular weight excluding hydrogens is 406 g/mol. The Kier molecular flexibility index (Phi) is 6.99. The lowest BCUT2D eigenvalue weighted by Crippen LogP contribution is -2.50. The zero-order valence-electron chi connectivity index (χ0n) is 17.2. The molecule has 2 aromatic carbocycles. The molecule has 7 nitrogen and oxygen atoms in total. The van der Waals surface area contributed by atoms with Crippen molar-refractivity contribution in [3.63, 3.8) is 0 Å². The van der Waals surface area contributed by atoms with Gasteiger partial charge in [-0.2, -0.15) is 0 Å². The van der Waals surface area contributed by atoms with Crippen LogP contribution in [0.1, 0.15) is 18.4 Å². The van der Waals surface area contributed by atoms with E-state index in [1.165, 1.54) is 19.2 Å². The number of methoxy groups -OCH3 is 2. The van der Waals surface area contributed by atoms with Gasteiger partial charge in [-0.05, 0) is 61.2 Å². The smallest absolute Gasteiger partial charge is 0.320 e. The van der Waals surface area contributed by atoms with E-state index in [1.54, 1.807) is 19.2 Å². The monoisotopic (exact) mass is 433 g/mol. The molecule has 0 radical (unpaired) electrons. The number of ether oxygens (including phenoxy) is 2. The van der Waals surface area contributed by atoms with E-state index >= 15 is 0 Å². The molecule has 0 spiro atoms. The van der Waals surface area contributed by atoms with E-state index in [4.69, 9.17) is 9.47 Å². The Hall–Kier alpha value is -2.58. The zero-order valence-corrected chi connectivity index (χ0v) is 18.0. The molecule has 1 aliphatic rings. The van der Waals surface area contributed by atoms with Gasteiger partial charge in [0.25, 0.3) is 0 Å². The van der Waals surface area contributed by atoms with Gasteiger partial charge in [-0.25, -0.2) is 8.42 Å². The largest absolute Gasteiger partial charge is 0.497 e. The van der Waals surface area contributed by atoms with Crippen LogP contribution in [-0.4, -0.2) is 63.0 Å². The van der Waals surface area contributed by atoms with Crippen LogP contribution < -0.4 is 9.47 Å². The van der Waals surface area contributed by atoms with Gasteiger partial charge >= 0.3 is 5.97 Å². The lowest BCUT2D eigenvalue weighted by Gasteiger charge is -2.36. The van der Waals surface area contributed by atoms with Crippen LogP contribution >= 0.6 is 0 Å². The van der Waals surface area contributed by atoms with Crippen molar-refractivity contribution in [1.29, 1.82) is 0 Å². The SMILES string of the molecule is COc1ccc(CCN2CCC(S(=O)(=O)c3ccc(OC)cc3)CC2C(=O)O)cc1. The van der Waals surface area contributed by atoms with Crippen LogP contribution in [-0.2, 0) is 21.1 Å². The number of sulfone groups is 1. The van der Waals surface area contributed by atoms with Crippen molar-refractivity contribution in [2.24, 2.45) is 0 Å². The topological polar surface area (TPSA) is 93.1 Å². The first-order valence-electron chi connectivity index (χ1n) is 9.83. The van der Waals surface area contributed by atoms with E-state index in [1.807, 2.05) is 29.2 Å². The molecule has 8 heteroatoms. The Bertz CT molecular complexity index is 956. The Balaban J connectivity index is 1.68. The molecule has 0 bridgehead atoms. The van der Waals surface area contributed by atoms with Crippen molar-refractivity contribution < 1.29 is 27.8 Å². The standard InChI is InChI=1S/C22H27NO6S/c1-28-17-5-3-16(4-6-17)11-13-23-14-12-20(15-21(23)22(24)25)30(26,27)19-9-7-18(29-2)8-10-19/h3-10,20-21H,11-15H2,1-2H3,(H,24,25). The van der Waals surface area contributed by atoms with Crippen LogP contribution in [0.5, 0.6) is 11.5 Å². The van der Waals surface area contributed by atoms with E-state index in [2.05, 4.69) is 0 Å². The summed E-state index contributed by atoms with van der Waals surface area (Å²) in [6, 6.07) is 13.1. The van der Waals surface area contributed by atoms with Gasteiger partial charge in [0.1, 0.15) is 17.5 Å². The number of benzene rings is 2. The van der Waals surface area contributed by atoms with Crippen LogP contribution in [0.25, 0.3) is 0 Å². The van der Waals surface area contributed by atoms with Crippen LogP contribution in [0.4, 0.5) is 0 Å². The molecule has 3 rings (SSSR count). The van der Waals surface area contributed by atoms with Gasteiger partial charge in [0.15, 0.2) is 9.84 Å². The highest BCUT2D eigenvalue weighted by atomic mass is 32.2. The molecule has 30 heavy (non-hydrogen) atoms. The third-order valence-corrected chi connectivity index (χ3v) is 7.86. The second kappa shape index (κ2) is 9.49. The van der Waals surface area contributed by atoms with Gasteiger partial charge < -0.3 is 14.6 Å². The van der Waals surface area contributed by atoms with Crippen molar-refractivity contribution in [2.75, 3.05) is 27.3 Å². The van der Waals surface area contributed by atoms with Crippen molar-refractivity contribution in [3.8, 4) is 11.5 Å². The number of hydrogen-bond donors (Lipinski definition) is 1. The summed E-state index contributed by atoms with van der Waals surface area (Å²) >= 11 is 0. The molecule has 0 aromatic heterocycles. The molecule has 1 N–H and O–H groups in total. The second-order valence-electron chi connectivity index (χ2n) is 7.36. The first-order chi connectivity index (χ1) is 14.3. The zero-order chi connectivity index (χ0) is 21.7. The number of hydrogen-bond acceptors (Lipinski definition) is 6. The molecule has 0 aliphatic carbocycles. The Morgan fingerprint density at radius 2 is 1.60 bits per heavy atom. The molecule has 1 saturated heterocycles. The average Bonchev–Trinajstić information content (AvgIpc) is 2.77. The number of aliphatic carboxylic acids is 1. The maximum Gasteiger partial charge on any atom is 0.320 e. The van der Waals surface area contributed by atoms with Crippen molar-refractivity contribution in [2.45, 2.75) is 35.4 Å². The number of carbonyl (C=O) groups is 1. The Morgan fingerprint density at radius 1 is 1.03 bits per heavy atom. The third kappa shape index (κ3) is 4.94. The normalized spacial score (nSPS) is 19.9. The molecule has 2 unspecified atom stereocenters. The number of nitrogens with zero attached hydrogens (tertiary/aromatic N) is 1. The van der Waals surface area contributed by atoms with E-state index < -0.39 is 27.1 Å². The molecule has 1 aliphatic heterocycles. The first kappa shape index (κ1) is 22.1. The summed E-state index contributed by atoms with van der Waals surface area (Å²) in [6.45, 7) is 0.978. The van der Waals surface area contributed by atoms with Crippen LogP contribution in [0.2, 0.25) is 0 Å². The van der Waals surface area contributed by atoms with Crippen LogP contribution in [0, 0.1) is 0 Å². The quantitative estimate of drug-likeness (QED) is 0.684. The highest BCUT2D eigenvalue weighted by molar-refractivity contribution is 7.92. The van der Waals surface area contributed by atoms with E-state index in [0.29, 0.717) is 31.7 Å². The summed E-state index contributed by atoms with van der Waals surface area (Å²) in [4.78, 5) is 13.9.